The van der Waals surface area contributed by atoms with Crippen molar-refractivity contribution in [3.8, 4) is 5.75 Å². The Kier molecular flexibility index (Phi) is 6.87. The zero-order valence-electron chi connectivity index (χ0n) is 19.9. The van der Waals surface area contributed by atoms with E-state index in [9.17, 15) is 13.5 Å². The molecule has 1 saturated heterocycles. The first-order valence-corrected chi connectivity index (χ1v) is 14.1. The molecule has 0 radical (unpaired) electrons. The molecule has 5 rings (SSSR count). The van der Waals surface area contributed by atoms with Gasteiger partial charge in [-0.1, -0.05) is 25.5 Å². The zero-order valence-corrected chi connectivity index (χ0v) is 20.7. The number of nitrogens with zero attached hydrogens (tertiary/aromatic N) is 1. The van der Waals surface area contributed by atoms with Crippen molar-refractivity contribution in [1.82, 2.24) is 0 Å². The van der Waals surface area contributed by atoms with E-state index < -0.39 is 16.1 Å². The highest BCUT2D eigenvalue weighted by Crippen LogP contribution is 2.41. The van der Waals surface area contributed by atoms with Crippen LogP contribution in [0.2, 0.25) is 0 Å². The molecular formula is C27H35NO5S. The molecule has 0 spiro atoms. The lowest BCUT2D eigenvalue weighted by Gasteiger charge is -2.37. The van der Waals surface area contributed by atoms with Crippen molar-refractivity contribution in [3.05, 3.63) is 53.6 Å². The second-order valence-corrected chi connectivity index (χ2v) is 11.8. The van der Waals surface area contributed by atoms with Crippen LogP contribution in [0.1, 0.15) is 62.7 Å². The Balaban J connectivity index is 1.43. The summed E-state index contributed by atoms with van der Waals surface area (Å²) in [6, 6.07) is 12.8. The fourth-order valence-corrected chi connectivity index (χ4v) is 6.84. The third-order valence-corrected chi connectivity index (χ3v) is 9.53. The minimum absolute atomic E-state index is 0.0685. The number of aliphatic hydroxyl groups excluding tert-OH is 1. The first kappa shape index (κ1) is 23.6. The molecule has 2 fully saturated rings. The predicted molar refractivity (Wildman–Crippen MR) is 132 cm³/mol. The number of fused-ring (bicyclic) bond motifs is 1. The van der Waals surface area contributed by atoms with Gasteiger partial charge in [0.05, 0.1) is 16.7 Å². The van der Waals surface area contributed by atoms with Crippen LogP contribution in [0.4, 0.5) is 5.69 Å². The van der Waals surface area contributed by atoms with Gasteiger partial charge in [-0.2, -0.15) is 0 Å². The molecule has 6 nitrogen and oxygen atoms in total. The zero-order chi connectivity index (χ0) is 23.7. The Morgan fingerprint density at radius 2 is 1.76 bits per heavy atom. The fraction of sp³-hybridized carbons (Fsp3) is 0.556. The van der Waals surface area contributed by atoms with Gasteiger partial charge < -0.3 is 14.6 Å². The third-order valence-electron chi connectivity index (χ3n) is 7.74. The summed E-state index contributed by atoms with van der Waals surface area (Å²) in [6.07, 6.45) is 5.70. The van der Waals surface area contributed by atoms with Gasteiger partial charge in [0.15, 0.2) is 0 Å². The molecule has 7 heteroatoms. The predicted octanol–water partition coefficient (Wildman–Crippen LogP) is 4.86. The van der Waals surface area contributed by atoms with Crippen LogP contribution in [0, 0.1) is 11.8 Å². The van der Waals surface area contributed by atoms with Crippen molar-refractivity contribution in [2.45, 2.75) is 69.0 Å². The van der Waals surface area contributed by atoms with Crippen molar-refractivity contribution in [3.63, 3.8) is 0 Å². The van der Waals surface area contributed by atoms with Crippen molar-refractivity contribution in [2.75, 3.05) is 24.1 Å². The highest BCUT2D eigenvalue weighted by Gasteiger charge is 2.36. The fourth-order valence-electron chi connectivity index (χ4n) is 5.27. The number of rotatable bonds is 7. The van der Waals surface area contributed by atoms with E-state index in [0.717, 1.165) is 51.7 Å². The quantitative estimate of drug-likeness (QED) is 0.606. The van der Waals surface area contributed by atoms with Crippen LogP contribution >= 0.6 is 0 Å². The average molecular weight is 486 g/mol. The summed E-state index contributed by atoms with van der Waals surface area (Å²) >= 11 is 0. The number of aliphatic hydroxyl groups is 1. The molecule has 3 aliphatic rings. The first-order valence-electron chi connectivity index (χ1n) is 12.6. The van der Waals surface area contributed by atoms with Gasteiger partial charge in [0.1, 0.15) is 11.9 Å². The molecule has 2 heterocycles. The normalized spacial score (nSPS) is 23.6. The molecule has 0 bridgehead atoms. The van der Waals surface area contributed by atoms with Crippen LogP contribution in [0.3, 0.4) is 0 Å². The van der Waals surface area contributed by atoms with Crippen LogP contribution in [0.15, 0.2) is 47.4 Å². The monoisotopic (exact) mass is 485 g/mol. The van der Waals surface area contributed by atoms with E-state index in [1.807, 2.05) is 24.3 Å². The van der Waals surface area contributed by atoms with Gasteiger partial charge >= 0.3 is 0 Å². The molecule has 2 atom stereocenters. The second-order valence-electron chi connectivity index (χ2n) is 9.91. The largest absolute Gasteiger partial charge is 0.490 e. The minimum Gasteiger partial charge on any atom is -0.490 e. The maximum absolute atomic E-state index is 13.9. The lowest BCUT2D eigenvalue weighted by Crippen LogP contribution is -2.38. The lowest BCUT2D eigenvalue weighted by molar-refractivity contribution is -0.0151. The molecule has 1 saturated carbocycles. The maximum atomic E-state index is 13.9. The summed E-state index contributed by atoms with van der Waals surface area (Å²) in [5.74, 6) is 1.32. The van der Waals surface area contributed by atoms with Crippen LogP contribution in [0.5, 0.6) is 5.75 Å². The van der Waals surface area contributed by atoms with Crippen molar-refractivity contribution in [1.29, 1.82) is 0 Å². The van der Waals surface area contributed by atoms with Crippen LogP contribution in [-0.2, 0) is 21.2 Å². The molecule has 34 heavy (non-hydrogen) atoms. The van der Waals surface area contributed by atoms with Crippen molar-refractivity contribution < 1.29 is 23.0 Å². The smallest absolute Gasteiger partial charge is 0.264 e. The highest BCUT2D eigenvalue weighted by atomic mass is 32.2. The number of anilines is 1. The Labute approximate surface area is 202 Å². The van der Waals surface area contributed by atoms with Gasteiger partial charge in [0.25, 0.3) is 10.0 Å². The summed E-state index contributed by atoms with van der Waals surface area (Å²) in [5.41, 5.74) is 2.44. The van der Waals surface area contributed by atoms with E-state index in [1.54, 1.807) is 22.5 Å². The summed E-state index contributed by atoms with van der Waals surface area (Å²) in [5, 5.41) is 10.9. The second kappa shape index (κ2) is 9.88. The number of aryl methyl sites for hydroxylation is 1. The molecule has 1 N–H and O–H groups in total. The summed E-state index contributed by atoms with van der Waals surface area (Å²) in [4.78, 5) is 0.206. The molecule has 0 aromatic heterocycles. The molecule has 184 valence electrons. The van der Waals surface area contributed by atoms with Gasteiger partial charge in [-0.05, 0) is 73.9 Å². The number of hydrogen-bond donors (Lipinski definition) is 1. The van der Waals surface area contributed by atoms with E-state index in [1.165, 1.54) is 5.56 Å². The highest BCUT2D eigenvalue weighted by molar-refractivity contribution is 7.92. The number of sulfonamides is 1. The minimum atomic E-state index is -3.79. The van der Waals surface area contributed by atoms with E-state index in [-0.39, 0.29) is 11.0 Å². The van der Waals surface area contributed by atoms with E-state index >= 15 is 0 Å². The lowest BCUT2D eigenvalue weighted by atomic mass is 9.85. The molecule has 2 unspecified atom stereocenters. The average Bonchev–Trinajstić information content (AvgIpc) is 2.83. The summed E-state index contributed by atoms with van der Waals surface area (Å²) in [6.45, 7) is 4.02. The third kappa shape index (κ3) is 4.70. The van der Waals surface area contributed by atoms with Gasteiger partial charge in [-0.3, -0.25) is 4.31 Å². The topological polar surface area (TPSA) is 76.1 Å². The molecule has 0 amide bonds. The number of benzene rings is 2. The first-order chi connectivity index (χ1) is 16.5. The summed E-state index contributed by atoms with van der Waals surface area (Å²) in [7, 11) is -3.79. The summed E-state index contributed by atoms with van der Waals surface area (Å²) < 4.78 is 41.0. The number of ether oxygens (including phenoxy) is 2. The van der Waals surface area contributed by atoms with Gasteiger partial charge in [-0.25, -0.2) is 8.42 Å². The number of hydrogen-bond acceptors (Lipinski definition) is 5. The van der Waals surface area contributed by atoms with Gasteiger partial charge in [0, 0.05) is 37.7 Å². The standard InChI is InChI=1S/C27H35NO5S/c1-2-19-6-8-22(9-7-19)28(18-20-4-3-5-20)34(30,31)23-10-11-26-24(16-23)25(29)17-27(33-26)21-12-14-32-15-13-21/h6-11,16,20-21,25,27,29H,2-5,12-15,17-18H2,1H3. The molecular weight excluding hydrogens is 450 g/mol. The van der Waals surface area contributed by atoms with E-state index in [0.29, 0.717) is 41.8 Å². The Hall–Kier alpha value is -2.09. The van der Waals surface area contributed by atoms with Crippen LogP contribution in [-0.4, -0.2) is 39.4 Å². The maximum Gasteiger partial charge on any atom is 0.264 e. The van der Waals surface area contributed by atoms with Crippen molar-refractivity contribution >= 4 is 15.7 Å². The van der Waals surface area contributed by atoms with E-state index in [4.69, 9.17) is 9.47 Å². The molecule has 2 aromatic rings. The molecule has 2 aromatic carbocycles. The van der Waals surface area contributed by atoms with Gasteiger partial charge in [0.2, 0.25) is 0 Å². The Morgan fingerprint density at radius 1 is 1.03 bits per heavy atom. The molecule has 1 aliphatic carbocycles. The Bertz CT molecular complexity index is 1090. The SMILES string of the molecule is CCc1ccc(N(CC2CCC2)S(=O)(=O)c2ccc3c(c2)C(O)CC(C2CCOCC2)O3)cc1. The van der Waals surface area contributed by atoms with Crippen molar-refractivity contribution in [2.24, 2.45) is 11.8 Å². The van der Waals surface area contributed by atoms with Crippen LogP contribution < -0.4 is 9.04 Å². The Morgan fingerprint density at radius 3 is 2.41 bits per heavy atom. The van der Waals surface area contributed by atoms with Crippen LogP contribution in [0.25, 0.3) is 0 Å². The molecule has 2 aliphatic heterocycles. The van der Waals surface area contributed by atoms with E-state index in [2.05, 4.69) is 6.92 Å². The van der Waals surface area contributed by atoms with Gasteiger partial charge in [-0.15, -0.1) is 0 Å².